The molecule has 0 aromatic heterocycles. The summed E-state index contributed by atoms with van der Waals surface area (Å²) in [5.74, 6) is 0. The fraction of sp³-hybridized carbons (Fsp3) is 0.0400. The molecule has 0 saturated heterocycles. The van der Waals surface area contributed by atoms with Crippen molar-refractivity contribution in [3.05, 3.63) is 386 Å². The second-order valence-electron chi connectivity index (χ2n) is 29.9. The third-order valence-electron chi connectivity index (χ3n) is 23.8. The van der Waals surface area contributed by atoms with Crippen LogP contribution in [0.4, 0.5) is 68.2 Å². The van der Waals surface area contributed by atoms with Crippen molar-refractivity contribution in [2.75, 3.05) is 19.6 Å². The second kappa shape index (κ2) is 25.4. The van der Waals surface area contributed by atoms with Gasteiger partial charge in [0.2, 0.25) is 26.9 Å². The Morgan fingerprint density at radius 3 is 0.944 bits per heavy atom. The van der Waals surface area contributed by atoms with Crippen LogP contribution < -0.4 is 85.2 Å². The Hall–Kier alpha value is -13.0. The molecule has 4 nitrogen and oxygen atoms in total. The second-order valence-corrected chi connectivity index (χ2v) is 29.9. The summed E-state index contributed by atoms with van der Waals surface area (Å²) in [6.07, 6.45) is 0. The van der Waals surface area contributed by atoms with E-state index in [9.17, 15) is 0 Å². The number of para-hydroxylation sites is 5. The van der Waals surface area contributed by atoms with Crippen molar-refractivity contribution in [3.63, 3.8) is 0 Å². The van der Waals surface area contributed by atoms with E-state index in [0.717, 1.165) is 0 Å². The number of benzene rings is 16. The highest BCUT2D eigenvalue weighted by molar-refractivity contribution is 7.03. The van der Waals surface area contributed by atoms with Gasteiger partial charge >= 0.3 is 0 Å². The van der Waals surface area contributed by atoms with Crippen LogP contribution in [0.1, 0.15) is 22.3 Å². The van der Waals surface area contributed by atoms with E-state index in [0.29, 0.717) is 26.9 Å². The molecule has 0 saturated carbocycles. The highest BCUT2D eigenvalue weighted by atomic mass is 15.2. The van der Waals surface area contributed by atoms with E-state index < -0.39 is 0 Å². The minimum absolute atomic E-state index is 0.322. The average molecular weight is 1370 g/mol. The molecule has 0 N–H and O–H groups in total. The predicted molar refractivity (Wildman–Crippen MR) is 464 cm³/mol. The van der Waals surface area contributed by atoms with Gasteiger partial charge in [0.05, 0.1) is 0 Å². The molecule has 8 heterocycles. The van der Waals surface area contributed by atoms with Gasteiger partial charge < -0.3 is 19.6 Å². The van der Waals surface area contributed by atoms with Crippen molar-refractivity contribution >= 4 is 161 Å². The van der Waals surface area contributed by atoms with Crippen molar-refractivity contribution in [3.8, 4) is 44.5 Å². The van der Waals surface area contributed by atoms with E-state index in [1.807, 2.05) is 0 Å². The van der Waals surface area contributed by atoms with E-state index in [1.54, 1.807) is 0 Å². The number of rotatable bonds is 4. The standard InChI is InChI=1S/4C25H18BN/c1-17-13-15-18(16-14-17)27-23-11-5-4-10-22(23)26-21-9-3-2-7-19(21)20-8-6-12-24(27)25(20)26;1-17-9-7-15-22-25(17)27(18-10-3-2-4-11-18)23-16-8-13-20-19-12-5-6-14-21(19)26(22)24(20)23;1-17-14-15-23-22(16-17)26-21-12-6-5-10-19(21)20-11-7-13-24(25(20)26)27(23)18-8-3-2-4-9-18;1-17-14-15-22-24(16-17)27(18-8-3-2-4-9-18)23-13-7-11-20-19-10-5-6-12-21(19)26(22)25(20)23/h4*2-16H,1H3. The molecule has 16 aromatic rings. The molecular weight excluding hydrogens is 1300 g/mol. The fourth-order valence-electron chi connectivity index (χ4n) is 19.4. The minimum Gasteiger partial charge on any atom is -0.312 e. The first-order valence-corrected chi connectivity index (χ1v) is 38.0. The predicted octanol–water partition coefficient (Wildman–Crippen LogP) is 17.1. The lowest BCUT2D eigenvalue weighted by Crippen LogP contribution is -2.54. The fourth-order valence-corrected chi connectivity index (χ4v) is 19.4. The van der Waals surface area contributed by atoms with Crippen molar-refractivity contribution < 1.29 is 0 Å². The molecule has 16 aromatic carbocycles. The Kier molecular flexibility index (Phi) is 14.9. The Morgan fingerprint density at radius 1 is 0.176 bits per heavy atom. The Bertz CT molecular complexity index is 6210. The van der Waals surface area contributed by atoms with Crippen LogP contribution >= 0.6 is 0 Å². The molecule has 0 bridgehead atoms. The maximum Gasteiger partial charge on any atom is 0.248 e. The molecule has 0 fully saturated rings. The maximum atomic E-state index is 2.45. The van der Waals surface area contributed by atoms with Gasteiger partial charge in [-0.1, -0.05) is 306 Å². The first-order chi connectivity index (χ1) is 53.3. The van der Waals surface area contributed by atoms with E-state index in [1.165, 1.54) is 201 Å². The zero-order valence-electron chi connectivity index (χ0n) is 60.7. The number of nitrogens with zero attached hydrogens (tertiary/aromatic N) is 4. The van der Waals surface area contributed by atoms with Gasteiger partial charge in [0, 0.05) is 68.2 Å². The third-order valence-corrected chi connectivity index (χ3v) is 23.8. The monoisotopic (exact) mass is 1370 g/mol. The van der Waals surface area contributed by atoms with E-state index in [-0.39, 0.29) is 0 Å². The average Bonchev–Trinajstić information content (AvgIpc) is 1.53. The van der Waals surface area contributed by atoms with Gasteiger partial charge in [-0.2, -0.15) is 0 Å². The molecule has 24 rings (SSSR count). The molecule has 0 unspecified atom stereocenters. The van der Waals surface area contributed by atoms with E-state index in [4.69, 9.17) is 0 Å². The third kappa shape index (κ3) is 9.75. The van der Waals surface area contributed by atoms with Crippen LogP contribution in [0.2, 0.25) is 0 Å². The lowest BCUT2D eigenvalue weighted by atomic mass is 9.37. The van der Waals surface area contributed by atoms with Crippen LogP contribution in [0, 0.1) is 27.7 Å². The molecule has 8 heteroatoms. The van der Waals surface area contributed by atoms with Crippen molar-refractivity contribution in [1.82, 2.24) is 0 Å². The highest BCUT2D eigenvalue weighted by Crippen LogP contribution is 2.46. The largest absolute Gasteiger partial charge is 0.312 e. The highest BCUT2D eigenvalue weighted by Gasteiger charge is 2.47. The Morgan fingerprint density at radius 2 is 0.472 bits per heavy atom. The molecule has 0 spiro atoms. The Labute approximate surface area is 634 Å². The van der Waals surface area contributed by atoms with Crippen LogP contribution in [0.15, 0.2) is 364 Å². The molecule has 0 atom stereocenters. The summed E-state index contributed by atoms with van der Waals surface area (Å²) in [5, 5.41) is 0. The summed E-state index contributed by atoms with van der Waals surface area (Å²) >= 11 is 0. The van der Waals surface area contributed by atoms with Gasteiger partial charge in [-0.25, -0.2) is 0 Å². The van der Waals surface area contributed by atoms with Gasteiger partial charge in [0.15, 0.2) is 0 Å². The first-order valence-electron chi connectivity index (χ1n) is 38.0. The molecule has 8 aliphatic rings. The summed E-state index contributed by atoms with van der Waals surface area (Å²) in [6, 6.07) is 133. The quantitative estimate of drug-likeness (QED) is 0.163. The molecule has 108 heavy (non-hydrogen) atoms. The normalized spacial score (nSPS) is 13.2. The van der Waals surface area contributed by atoms with Gasteiger partial charge in [-0.3, -0.25) is 0 Å². The van der Waals surface area contributed by atoms with Gasteiger partial charge in [0.25, 0.3) is 0 Å². The summed E-state index contributed by atoms with van der Waals surface area (Å²) < 4.78 is 0. The molecular formula is C100H72B4N4. The lowest BCUT2D eigenvalue weighted by molar-refractivity contribution is 1.26. The first kappa shape index (κ1) is 63.5. The van der Waals surface area contributed by atoms with Gasteiger partial charge in [-0.15, -0.1) is 0 Å². The number of anilines is 12. The molecule has 0 amide bonds. The van der Waals surface area contributed by atoms with E-state index in [2.05, 4.69) is 411 Å². The minimum atomic E-state index is 0.322. The topological polar surface area (TPSA) is 13.0 Å². The smallest absolute Gasteiger partial charge is 0.248 e. The number of hydrogen-bond donors (Lipinski definition) is 0. The number of aryl methyl sites for hydroxylation is 4. The van der Waals surface area contributed by atoms with Crippen LogP contribution in [0.3, 0.4) is 0 Å². The van der Waals surface area contributed by atoms with Crippen LogP contribution in [0.5, 0.6) is 0 Å². The summed E-state index contributed by atoms with van der Waals surface area (Å²) in [6.45, 7) is 10.0. The zero-order valence-corrected chi connectivity index (χ0v) is 60.7. The van der Waals surface area contributed by atoms with E-state index >= 15 is 0 Å². The Balaban J connectivity index is 0.0000000919. The van der Waals surface area contributed by atoms with Crippen molar-refractivity contribution in [1.29, 1.82) is 0 Å². The number of hydrogen-bond acceptors (Lipinski definition) is 4. The molecule has 0 radical (unpaired) electrons. The van der Waals surface area contributed by atoms with Crippen molar-refractivity contribution in [2.24, 2.45) is 0 Å². The van der Waals surface area contributed by atoms with Crippen LogP contribution in [-0.2, 0) is 0 Å². The zero-order chi connectivity index (χ0) is 71.8. The summed E-state index contributed by atoms with van der Waals surface area (Å²) in [4.78, 5) is 9.74. The lowest BCUT2D eigenvalue weighted by Gasteiger charge is -2.37. The van der Waals surface area contributed by atoms with Gasteiger partial charge in [-0.05, 0) is 218 Å². The maximum absolute atomic E-state index is 2.45. The molecule has 504 valence electrons. The van der Waals surface area contributed by atoms with Crippen molar-refractivity contribution in [2.45, 2.75) is 27.7 Å². The van der Waals surface area contributed by atoms with Gasteiger partial charge in [0.1, 0.15) is 0 Å². The molecule has 8 aliphatic heterocycles. The van der Waals surface area contributed by atoms with Crippen LogP contribution in [-0.4, -0.2) is 26.9 Å². The number of fused-ring (bicyclic) bond motifs is 20. The summed E-state index contributed by atoms with van der Waals surface area (Å²) in [5.41, 5.74) is 48.6. The molecule has 0 aliphatic carbocycles. The van der Waals surface area contributed by atoms with Crippen LogP contribution in [0.25, 0.3) is 44.5 Å². The summed E-state index contributed by atoms with van der Waals surface area (Å²) in [7, 11) is 0. The SMILES string of the molecule is Cc1ccc(N2c3ccccc3B3c4ccccc4-c4cccc2c43)cc1.Cc1ccc2c(c1)B1c3ccccc3-c3cccc(c31)N2c1ccccc1.Cc1ccc2c(c1)N(c1ccccc1)c1cccc3c1B2c1ccccc1-3.Cc1cccc2c1N(c1ccccc1)c1cccc3c1B2c1ccccc1-3.